The second kappa shape index (κ2) is 17.5. The topological polar surface area (TPSA) is 38.7 Å². The summed E-state index contributed by atoms with van der Waals surface area (Å²) in [7, 11) is 0. The average Bonchev–Trinajstić information content (AvgIpc) is 3.13. The maximum Gasteiger partial charge on any atom is 3.00 e. The van der Waals surface area contributed by atoms with Crippen LogP contribution in [-0.2, 0) is 20.1 Å². The molecular weight excluding hydrogens is 739 g/mol. The van der Waals surface area contributed by atoms with Gasteiger partial charge < -0.3 is 15.0 Å². The third-order valence-electron chi connectivity index (χ3n) is 6.79. The van der Waals surface area contributed by atoms with E-state index in [-0.39, 0.29) is 25.8 Å². The molecule has 0 aliphatic heterocycles. The van der Waals surface area contributed by atoms with Crippen LogP contribution in [0.3, 0.4) is 0 Å². The zero-order valence-electron chi connectivity index (χ0n) is 28.6. The fraction of sp³-hybridized carbons (Fsp3) is 0.0714. The molecule has 46 heavy (non-hydrogen) atoms. The molecule has 0 aliphatic rings. The van der Waals surface area contributed by atoms with E-state index in [1.165, 1.54) is 22.8 Å². The van der Waals surface area contributed by atoms with Crippen molar-refractivity contribution in [2.75, 3.05) is 0 Å². The van der Waals surface area contributed by atoms with Gasteiger partial charge in [-0.1, -0.05) is 60.7 Å². The number of pyridine rings is 3. The van der Waals surface area contributed by atoms with E-state index in [1.807, 2.05) is 116 Å². The number of nitrogens with zero attached hydrogens (tertiary/aromatic N) is 3. The molecule has 0 bridgehead atoms. The van der Waals surface area contributed by atoms with Gasteiger partial charge in [0.2, 0.25) is 0 Å². The Kier molecular flexibility index (Phi) is 11.3. The van der Waals surface area contributed by atoms with Gasteiger partial charge >= 0.3 is 20.1 Å². The molecule has 0 radical (unpaired) electrons. The minimum Gasteiger partial charge on any atom is -0.304 e. The smallest absolute Gasteiger partial charge is 0.304 e. The van der Waals surface area contributed by atoms with Crippen LogP contribution in [0.15, 0.2) is 152 Å². The SMILES string of the molecule is Cc1cc(-c2[c-]cccc2)ncc1-c1ccccc1.Cc1cccc(-c2[c-]cccc2)n1.[2H]C([2H])([2H])c1cccc(-c2[c-]cccc2)n1.[Ir+3]. The second-order valence-corrected chi connectivity index (χ2v) is 10.2. The standard InChI is InChI=1S/C18H14N.2C12H10N.Ir/c1-14-12-18(16-10-6-3-7-11-16)19-13-17(14)15-8-4-2-5-9-15;2*1-10-6-5-9-12(13-10)11-7-3-2-4-8-11;/h2-10,12-13H,1H3;2*2-7,9H,1H3;/q3*-1;+3/i;1D3;;. The Labute approximate surface area is 290 Å². The Hall–Kier alpha value is -5.02. The molecule has 3 nitrogen and oxygen atoms in total. The molecule has 3 heterocycles. The largest absolute Gasteiger partial charge is 3.00 e. The number of hydrogen-bond acceptors (Lipinski definition) is 3. The zero-order chi connectivity index (χ0) is 33.8. The van der Waals surface area contributed by atoms with E-state index in [4.69, 9.17) is 4.11 Å². The Balaban J connectivity index is 0.000000167. The monoisotopic (exact) mass is 776 g/mol. The molecule has 7 rings (SSSR count). The van der Waals surface area contributed by atoms with Crippen LogP contribution in [0.4, 0.5) is 0 Å². The zero-order valence-corrected chi connectivity index (χ0v) is 28.0. The van der Waals surface area contributed by atoms with Crippen molar-refractivity contribution >= 4 is 0 Å². The van der Waals surface area contributed by atoms with Crippen LogP contribution < -0.4 is 0 Å². The summed E-state index contributed by atoms with van der Waals surface area (Å²) in [4.78, 5) is 13.1. The van der Waals surface area contributed by atoms with Crippen LogP contribution in [0.2, 0.25) is 0 Å². The second-order valence-electron chi connectivity index (χ2n) is 10.2. The first-order valence-electron chi connectivity index (χ1n) is 16.1. The van der Waals surface area contributed by atoms with Crippen LogP contribution in [0.1, 0.15) is 21.1 Å². The van der Waals surface area contributed by atoms with E-state index in [1.54, 1.807) is 18.2 Å². The predicted octanol–water partition coefficient (Wildman–Crippen LogP) is 10.2. The number of benzene rings is 4. The molecule has 4 aromatic carbocycles. The first-order chi connectivity index (χ1) is 23.3. The van der Waals surface area contributed by atoms with Crippen molar-refractivity contribution in [3.8, 4) is 44.9 Å². The number of aryl methyl sites for hydroxylation is 3. The normalized spacial score (nSPS) is 11.1. The third-order valence-corrected chi connectivity index (χ3v) is 6.79. The molecule has 4 heteroatoms. The van der Waals surface area contributed by atoms with Crippen LogP contribution in [0.5, 0.6) is 0 Å². The molecule has 0 amide bonds. The summed E-state index contributed by atoms with van der Waals surface area (Å²) in [6.45, 7) is 1.95. The predicted molar refractivity (Wildman–Crippen MR) is 185 cm³/mol. The Bertz CT molecular complexity index is 2020. The van der Waals surface area contributed by atoms with Gasteiger partial charge in [0.15, 0.2) is 0 Å². The van der Waals surface area contributed by atoms with E-state index >= 15 is 0 Å². The van der Waals surface area contributed by atoms with Crippen LogP contribution in [0, 0.1) is 38.9 Å². The maximum absolute atomic E-state index is 7.29. The van der Waals surface area contributed by atoms with Crippen molar-refractivity contribution in [2.45, 2.75) is 20.7 Å². The van der Waals surface area contributed by atoms with Gasteiger partial charge in [-0.15, -0.1) is 108 Å². The van der Waals surface area contributed by atoms with Crippen LogP contribution in [0.25, 0.3) is 44.9 Å². The van der Waals surface area contributed by atoms with E-state index in [2.05, 4.69) is 58.3 Å². The Morgan fingerprint density at radius 1 is 0.522 bits per heavy atom. The summed E-state index contributed by atoms with van der Waals surface area (Å²) in [6, 6.07) is 56.0. The number of aromatic nitrogens is 3. The van der Waals surface area contributed by atoms with E-state index in [0.29, 0.717) is 5.69 Å². The van der Waals surface area contributed by atoms with E-state index in [0.717, 1.165) is 33.8 Å². The van der Waals surface area contributed by atoms with Crippen LogP contribution >= 0.6 is 0 Å². The number of rotatable bonds is 4. The van der Waals surface area contributed by atoms with Crippen molar-refractivity contribution in [2.24, 2.45) is 0 Å². The summed E-state index contributed by atoms with van der Waals surface area (Å²) in [5, 5.41) is 0. The maximum atomic E-state index is 7.29. The average molecular weight is 776 g/mol. The Morgan fingerprint density at radius 2 is 1.02 bits per heavy atom. The summed E-state index contributed by atoms with van der Waals surface area (Å²) < 4.78 is 21.9. The minimum atomic E-state index is -2.16. The quantitative estimate of drug-likeness (QED) is 0.167. The summed E-state index contributed by atoms with van der Waals surface area (Å²) in [5.41, 5.74) is 10.2. The summed E-state index contributed by atoms with van der Waals surface area (Å²) in [6.07, 6.45) is 1.95. The molecule has 0 fully saturated rings. The number of hydrogen-bond donors (Lipinski definition) is 0. The molecule has 0 saturated carbocycles. The molecule has 0 unspecified atom stereocenters. The molecule has 0 spiro atoms. The molecule has 0 N–H and O–H groups in total. The van der Waals surface area contributed by atoms with Gasteiger partial charge in [-0.05, 0) is 61.0 Å². The molecule has 0 saturated heterocycles. The third kappa shape index (κ3) is 9.74. The molecule has 7 aromatic rings. The molecule has 0 aliphatic carbocycles. The van der Waals surface area contributed by atoms with Crippen molar-refractivity contribution in [1.29, 1.82) is 0 Å². The van der Waals surface area contributed by atoms with Crippen molar-refractivity contribution in [3.05, 3.63) is 187 Å². The fourth-order valence-electron chi connectivity index (χ4n) is 4.56. The first-order valence-corrected chi connectivity index (χ1v) is 14.6. The molecule has 226 valence electrons. The summed E-state index contributed by atoms with van der Waals surface area (Å²) in [5.74, 6) is 0. The summed E-state index contributed by atoms with van der Waals surface area (Å²) >= 11 is 0. The first kappa shape index (κ1) is 29.7. The molecular formula is C42H34IrN3. The van der Waals surface area contributed by atoms with Crippen molar-refractivity contribution in [1.82, 2.24) is 15.0 Å². The van der Waals surface area contributed by atoms with Gasteiger partial charge in [-0.2, -0.15) is 0 Å². The van der Waals surface area contributed by atoms with Gasteiger partial charge in [0.1, 0.15) is 0 Å². The van der Waals surface area contributed by atoms with Gasteiger partial charge in [0, 0.05) is 27.3 Å². The van der Waals surface area contributed by atoms with Gasteiger partial charge in [0.05, 0.1) is 0 Å². The Morgan fingerprint density at radius 3 is 1.50 bits per heavy atom. The van der Waals surface area contributed by atoms with Gasteiger partial charge in [-0.3, -0.25) is 0 Å². The minimum absolute atomic E-state index is 0. The van der Waals surface area contributed by atoms with Gasteiger partial charge in [0.25, 0.3) is 0 Å². The van der Waals surface area contributed by atoms with E-state index in [9.17, 15) is 0 Å². The van der Waals surface area contributed by atoms with Crippen LogP contribution in [-0.4, -0.2) is 15.0 Å². The van der Waals surface area contributed by atoms with Crippen molar-refractivity contribution in [3.63, 3.8) is 0 Å². The van der Waals surface area contributed by atoms with Crippen molar-refractivity contribution < 1.29 is 24.2 Å². The molecule has 0 atom stereocenters. The van der Waals surface area contributed by atoms with E-state index < -0.39 is 6.85 Å². The van der Waals surface area contributed by atoms with Gasteiger partial charge in [-0.25, -0.2) is 0 Å². The molecule has 3 aromatic heterocycles. The fourth-order valence-corrected chi connectivity index (χ4v) is 4.56.